The van der Waals surface area contributed by atoms with Crippen LogP contribution in [0.3, 0.4) is 0 Å². The van der Waals surface area contributed by atoms with Gasteiger partial charge in [0.2, 0.25) is 0 Å². The SMILES string of the molecule is NC(N)=NCc1ccc(OCCOCCOCCn2cc(CCOc3c(I)cc(Oc4c(I)cc(CC(=O)O)cc4I)cc3I)nn2)cc1. The van der Waals surface area contributed by atoms with Crippen LogP contribution in [0.4, 0.5) is 0 Å². The first-order valence-corrected chi connectivity index (χ1v) is 19.2. The van der Waals surface area contributed by atoms with Crippen molar-refractivity contribution in [2.24, 2.45) is 16.5 Å². The van der Waals surface area contributed by atoms with Gasteiger partial charge in [0.15, 0.2) is 11.7 Å². The molecule has 0 spiro atoms. The van der Waals surface area contributed by atoms with Crippen molar-refractivity contribution in [1.82, 2.24) is 15.0 Å². The monoisotopic (exact) mass is 1120 g/mol. The second-order valence-electron chi connectivity index (χ2n) is 10.3. The van der Waals surface area contributed by atoms with E-state index in [9.17, 15) is 4.79 Å². The van der Waals surface area contributed by atoms with Gasteiger partial charge < -0.3 is 40.3 Å². The number of aliphatic carboxylic acids is 1. The van der Waals surface area contributed by atoms with E-state index in [0.29, 0.717) is 70.7 Å². The molecular weight excluding hydrogens is 1090 g/mol. The summed E-state index contributed by atoms with van der Waals surface area (Å²) in [5, 5.41) is 17.6. The predicted octanol–water partition coefficient (Wildman–Crippen LogP) is 5.62. The molecule has 0 bridgehead atoms. The van der Waals surface area contributed by atoms with Gasteiger partial charge in [-0.3, -0.25) is 4.79 Å². The number of aliphatic imine (C=N–C) groups is 1. The molecule has 1 aromatic heterocycles. The maximum Gasteiger partial charge on any atom is 0.307 e. The van der Waals surface area contributed by atoms with Crippen molar-refractivity contribution in [2.75, 3.05) is 39.6 Å². The van der Waals surface area contributed by atoms with Crippen LogP contribution in [-0.2, 0) is 40.2 Å². The van der Waals surface area contributed by atoms with Gasteiger partial charge in [0.1, 0.15) is 23.9 Å². The molecule has 13 nitrogen and oxygen atoms in total. The van der Waals surface area contributed by atoms with E-state index in [1.807, 2.05) is 54.7 Å². The van der Waals surface area contributed by atoms with Crippen molar-refractivity contribution in [3.8, 4) is 23.0 Å². The Bertz CT molecular complexity index is 1670. The van der Waals surface area contributed by atoms with Gasteiger partial charge in [-0.2, -0.15) is 0 Å². The van der Waals surface area contributed by atoms with Crippen LogP contribution in [-0.4, -0.2) is 71.7 Å². The second-order valence-corrected chi connectivity index (χ2v) is 15.0. The number of carbonyl (C=O) groups is 1. The standard InChI is InChI=1S/C32H34I4N6O7/c33-25-13-21(15-29(43)44)14-26(34)31(25)49-24-16-27(35)30(28(36)17-24)48-7-5-22-19-42(41-40-22)6-8-45-9-10-46-11-12-47-23-3-1-20(2-4-23)18-39-32(37)38/h1-4,13-14,16-17,19H,5-12,15,18H2,(H,43,44)(H4,37,38,39). The zero-order valence-corrected chi connectivity index (χ0v) is 34.7. The molecule has 0 aliphatic carbocycles. The molecule has 0 aliphatic rings. The predicted molar refractivity (Wildman–Crippen MR) is 217 cm³/mol. The van der Waals surface area contributed by atoms with E-state index in [1.54, 1.807) is 4.68 Å². The molecule has 17 heteroatoms. The molecule has 0 fully saturated rings. The summed E-state index contributed by atoms with van der Waals surface area (Å²) < 4.78 is 34.5. The molecule has 0 amide bonds. The average molecular weight is 1120 g/mol. The van der Waals surface area contributed by atoms with Crippen molar-refractivity contribution in [3.05, 3.63) is 85.8 Å². The Hall–Kier alpha value is -2.22. The first-order valence-electron chi connectivity index (χ1n) is 14.9. The lowest BCUT2D eigenvalue weighted by atomic mass is 10.1. The van der Waals surface area contributed by atoms with E-state index >= 15 is 0 Å². The van der Waals surface area contributed by atoms with Crippen molar-refractivity contribution in [2.45, 2.75) is 25.9 Å². The van der Waals surface area contributed by atoms with Crippen LogP contribution in [0.25, 0.3) is 0 Å². The highest BCUT2D eigenvalue weighted by Crippen LogP contribution is 2.37. The van der Waals surface area contributed by atoms with E-state index in [4.69, 9.17) is 40.3 Å². The molecule has 0 atom stereocenters. The maximum absolute atomic E-state index is 11.1. The number of halogens is 4. The molecular formula is C32H34I4N6O7. The molecule has 0 radical (unpaired) electrons. The number of carboxylic acid groups (broad SMARTS) is 1. The summed E-state index contributed by atoms with van der Waals surface area (Å²) >= 11 is 8.81. The Kier molecular flexibility index (Phi) is 16.6. The summed E-state index contributed by atoms with van der Waals surface area (Å²) in [5.41, 5.74) is 13.3. The van der Waals surface area contributed by atoms with Gasteiger partial charge in [-0.05, 0) is 138 Å². The highest BCUT2D eigenvalue weighted by atomic mass is 127. The van der Waals surface area contributed by atoms with Gasteiger partial charge in [0.05, 0.1) is 72.5 Å². The minimum absolute atomic E-state index is 0.0318. The Balaban J connectivity index is 1.10. The van der Waals surface area contributed by atoms with Crippen LogP contribution in [0, 0.1) is 14.3 Å². The number of benzene rings is 3. The summed E-state index contributed by atoms with van der Waals surface area (Å²) in [7, 11) is 0. The number of hydrogen-bond donors (Lipinski definition) is 3. The fourth-order valence-corrected chi connectivity index (χ4v) is 8.37. The second kappa shape index (κ2) is 20.6. The minimum atomic E-state index is -0.867. The molecule has 0 saturated carbocycles. The number of rotatable bonds is 20. The average Bonchev–Trinajstić information content (AvgIpc) is 3.50. The van der Waals surface area contributed by atoms with Crippen molar-refractivity contribution >= 4 is 102 Å². The van der Waals surface area contributed by atoms with E-state index in [0.717, 1.165) is 42.6 Å². The molecule has 3 aromatic carbocycles. The summed E-state index contributed by atoms with van der Waals surface area (Å²) in [6, 6.07) is 15.1. The summed E-state index contributed by atoms with van der Waals surface area (Å²) in [5.74, 6) is 2.10. The molecule has 0 unspecified atom stereocenters. The summed E-state index contributed by atoms with van der Waals surface area (Å²) in [6.07, 6.45) is 2.46. The Labute approximate surface area is 338 Å². The lowest BCUT2D eigenvalue weighted by molar-refractivity contribution is -0.136. The van der Waals surface area contributed by atoms with E-state index < -0.39 is 5.97 Å². The van der Waals surface area contributed by atoms with E-state index in [1.165, 1.54) is 0 Å². The smallest absolute Gasteiger partial charge is 0.307 e. The summed E-state index contributed by atoms with van der Waals surface area (Å²) in [4.78, 5) is 15.1. The first-order chi connectivity index (χ1) is 23.6. The quantitative estimate of drug-likeness (QED) is 0.0433. The number of aromatic nitrogens is 3. The zero-order chi connectivity index (χ0) is 35.2. The van der Waals surface area contributed by atoms with Gasteiger partial charge >= 0.3 is 5.97 Å². The molecule has 262 valence electrons. The zero-order valence-electron chi connectivity index (χ0n) is 26.1. The molecule has 49 heavy (non-hydrogen) atoms. The molecule has 4 rings (SSSR count). The molecule has 0 aliphatic heterocycles. The number of hydrogen-bond acceptors (Lipinski definition) is 9. The third-order valence-electron chi connectivity index (χ3n) is 6.50. The van der Waals surface area contributed by atoms with E-state index in [-0.39, 0.29) is 12.4 Å². The van der Waals surface area contributed by atoms with Crippen LogP contribution in [0.2, 0.25) is 0 Å². The van der Waals surface area contributed by atoms with Crippen LogP contribution >= 0.6 is 90.4 Å². The maximum atomic E-state index is 11.1. The van der Waals surface area contributed by atoms with E-state index in [2.05, 4.69) is 106 Å². The van der Waals surface area contributed by atoms with Gasteiger partial charge in [-0.15, -0.1) is 5.10 Å². The Morgan fingerprint density at radius 3 is 2.06 bits per heavy atom. The number of nitrogens with two attached hydrogens (primary N) is 2. The number of nitrogens with zero attached hydrogens (tertiary/aromatic N) is 4. The number of carboxylic acids is 1. The fraction of sp³-hybridized carbons (Fsp3) is 0.312. The number of ether oxygens (including phenoxy) is 5. The normalized spacial score (nSPS) is 10.9. The molecule has 1 heterocycles. The highest BCUT2D eigenvalue weighted by molar-refractivity contribution is 14.1. The van der Waals surface area contributed by atoms with Gasteiger partial charge in [-0.1, -0.05) is 17.3 Å². The Morgan fingerprint density at radius 1 is 0.776 bits per heavy atom. The van der Waals surface area contributed by atoms with Crippen molar-refractivity contribution in [1.29, 1.82) is 0 Å². The highest BCUT2D eigenvalue weighted by Gasteiger charge is 2.15. The molecule has 0 saturated heterocycles. The topological polar surface area (TPSA) is 179 Å². The largest absolute Gasteiger partial charge is 0.491 e. The molecule has 4 aromatic rings. The third kappa shape index (κ3) is 13.8. The Morgan fingerprint density at radius 2 is 1.41 bits per heavy atom. The summed E-state index contributed by atoms with van der Waals surface area (Å²) in [6.45, 7) is 3.75. The van der Waals surface area contributed by atoms with Crippen molar-refractivity contribution in [3.63, 3.8) is 0 Å². The fourth-order valence-electron chi connectivity index (χ4n) is 4.23. The third-order valence-corrected chi connectivity index (χ3v) is 9.70. The van der Waals surface area contributed by atoms with Crippen LogP contribution < -0.4 is 25.7 Å². The lowest BCUT2D eigenvalue weighted by Gasteiger charge is -2.15. The van der Waals surface area contributed by atoms with Gasteiger partial charge in [-0.25, -0.2) is 9.67 Å². The van der Waals surface area contributed by atoms with Gasteiger partial charge in [0, 0.05) is 12.6 Å². The minimum Gasteiger partial charge on any atom is -0.491 e. The number of guanidine groups is 1. The molecule has 5 N–H and O–H groups in total. The van der Waals surface area contributed by atoms with Crippen molar-refractivity contribution < 1.29 is 33.6 Å². The van der Waals surface area contributed by atoms with Crippen LogP contribution in [0.5, 0.6) is 23.0 Å². The first kappa shape index (κ1) is 39.6. The lowest BCUT2D eigenvalue weighted by Crippen LogP contribution is -2.22. The van der Waals surface area contributed by atoms with Crippen LogP contribution in [0.15, 0.2) is 59.7 Å². The van der Waals surface area contributed by atoms with Gasteiger partial charge in [0.25, 0.3) is 0 Å². The van der Waals surface area contributed by atoms with Crippen LogP contribution in [0.1, 0.15) is 16.8 Å².